The molecule has 1 aromatic carbocycles. The highest BCUT2D eigenvalue weighted by Gasteiger charge is 2.26. The van der Waals surface area contributed by atoms with E-state index in [1.165, 1.54) is 5.69 Å². The van der Waals surface area contributed by atoms with Gasteiger partial charge in [-0.15, -0.1) is 11.3 Å². The standard InChI is InChI=1S/C18H24N2OS/c1-18(21,17-8-5-13-22-17)14-19-15-9-11-20(12-10-15)16-6-3-2-4-7-16/h2-8,13,15,19,21H,9-12,14H2,1H3. The first kappa shape index (κ1) is 15.5. The average molecular weight is 316 g/mol. The molecule has 1 saturated heterocycles. The van der Waals surface area contributed by atoms with Gasteiger partial charge in [-0.1, -0.05) is 24.3 Å². The Kier molecular flexibility index (Phi) is 4.81. The molecule has 1 aliphatic rings. The van der Waals surface area contributed by atoms with Crippen LogP contribution >= 0.6 is 11.3 Å². The summed E-state index contributed by atoms with van der Waals surface area (Å²) in [5.74, 6) is 0. The van der Waals surface area contributed by atoms with E-state index in [9.17, 15) is 5.11 Å². The first-order valence-electron chi connectivity index (χ1n) is 7.95. The van der Waals surface area contributed by atoms with Crippen LogP contribution < -0.4 is 10.2 Å². The van der Waals surface area contributed by atoms with E-state index in [-0.39, 0.29) is 0 Å². The van der Waals surface area contributed by atoms with Crippen molar-refractivity contribution >= 4 is 17.0 Å². The molecule has 2 heterocycles. The highest BCUT2D eigenvalue weighted by Crippen LogP contribution is 2.25. The smallest absolute Gasteiger partial charge is 0.108 e. The fraction of sp³-hybridized carbons (Fsp3) is 0.444. The Bertz CT molecular complexity index is 560. The lowest BCUT2D eigenvalue weighted by atomic mass is 10.0. The van der Waals surface area contributed by atoms with E-state index in [1.54, 1.807) is 11.3 Å². The molecule has 1 aromatic heterocycles. The van der Waals surface area contributed by atoms with Gasteiger partial charge in [0.25, 0.3) is 0 Å². The monoisotopic (exact) mass is 316 g/mol. The molecule has 1 unspecified atom stereocenters. The number of hydrogen-bond acceptors (Lipinski definition) is 4. The van der Waals surface area contributed by atoms with Gasteiger partial charge >= 0.3 is 0 Å². The van der Waals surface area contributed by atoms with Gasteiger partial charge in [0.15, 0.2) is 0 Å². The van der Waals surface area contributed by atoms with Gasteiger partial charge in [-0.05, 0) is 43.3 Å². The van der Waals surface area contributed by atoms with E-state index < -0.39 is 5.60 Å². The van der Waals surface area contributed by atoms with Crippen LogP contribution in [0.1, 0.15) is 24.6 Å². The lowest BCUT2D eigenvalue weighted by molar-refractivity contribution is 0.0565. The highest BCUT2D eigenvalue weighted by atomic mass is 32.1. The van der Waals surface area contributed by atoms with Gasteiger partial charge in [0, 0.05) is 36.2 Å². The zero-order chi connectivity index (χ0) is 15.4. The number of benzene rings is 1. The number of para-hydroxylation sites is 1. The van der Waals surface area contributed by atoms with Crippen LogP contribution in [0.2, 0.25) is 0 Å². The Morgan fingerprint density at radius 3 is 2.55 bits per heavy atom. The predicted octanol–water partition coefficient (Wildman–Crippen LogP) is 3.21. The normalized spacial score (nSPS) is 19.1. The maximum absolute atomic E-state index is 10.6. The topological polar surface area (TPSA) is 35.5 Å². The number of nitrogens with one attached hydrogen (secondary N) is 1. The van der Waals surface area contributed by atoms with Crippen molar-refractivity contribution in [3.63, 3.8) is 0 Å². The molecular formula is C18H24N2OS. The number of hydrogen-bond donors (Lipinski definition) is 2. The summed E-state index contributed by atoms with van der Waals surface area (Å²) in [6.45, 7) is 4.65. The van der Waals surface area contributed by atoms with Crippen LogP contribution in [0.3, 0.4) is 0 Å². The summed E-state index contributed by atoms with van der Waals surface area (Å²) in [5, 5.41) is 16.1. The average Bonchev–Trinajstić information content (AvgIpc) is 3.10. The van der Waals surface area contributed by atoms with E-state index in [1.807, 2.05) is 24.4 Å². The zero-order valence-electron chi connectivity index (χ0n) is 13.0. The first-order chi connectivity index (χ1) is 10.6. The Hall–Kier alpha value is -1.36. The molecule has 0 bridgehead atoms. The Labute approximate surface area is 136 Å². The Balaban J connectivity index is 1.48. The Morgan fingerprint density at radius 2 is 1.91 bits per heavy atom. The molecule has 1 aliphatic heterocycles. The summed E-state index contributed by atoms with van der Waals surface area (Å²) in [7, 11) is 0. The molecule has 2 aromatic rings. The van der Waals surface area contributed by atoms with Gasteiger partial charge in [-0.25, -0.2) is 0 Å². The molecule has 22 heavy (non-hydrogen) atoms. The molecule has 2 N–H and O–H groups in total. The second-order valence-electron chi connectivity index (χ2n) is 6.23. The summed E-state index contributed by atoms with van der Waals surface area (Å²) in [4.78, 5) is 3.47. The molecule has 0 aliphatic carbocycles. The van der Waals surface area contributed by atoms with E-state index >= 15 is 0 Å². The van der Waals surface area contributed by atoms with Crippen molar-refractivity contribution in [2.24, 2.45) is 0 Å². The molecule has 3 nitrogen and oxygen atoms in total. The van der Waals surface area contributed by atoms with Crippen LogP contribution in [0.5, 0.6) is 0 Å². The van der Waals surface area contributed by atoms with Crippen LogP contribution in [-0.4, -0.2) is 30.8 Å². The minimum atomic E-state index is -0.773. The molecular weight excluding hydrogens is 292 g/mol. The van der Waals surface area contributed by atoms with Crippen molar-refractivity contribution in [2.75, 3.05) is 24.5 Å². The third kappa shape index (κ3) is 3.69. The van der Waals surface area contributed by atoms with Crippen molar-refractivity contribution < 1.29 is 5.11 Å². The van der Waals surface area contributed by atoms with E-state index in [2.05, 4.69) is 40.5 Å². The van der Waals surface area contributed by atoms with E-state index in [4.69, 9.17) is 0 Å². The minimum Gasteiger partial charge on any atom is -0.383 e. The third-order valence-electron chi connectivity index (χ3n) is 4.40. The molecule has 0 amide bonds. The van der Waals surface area contributed by atoms with Gasteiger partial charge in [-0.2, -0.15) is 0 Å². The van der Waals surface area contributed by atoms with Gasteiger partial charge in [0.05, 0.1) is 0 Å². The summed E-state index contributed by atoms with van der Waals surface area (Å²) in [5.41, 5.74) is 0.539. The highest BCUT2D eigenvalue weighted by molar-refractivity contribution is 7.10. The van der Waals surface area contributed by atoms with E-state index in [0.29, 0.717) is 12.6 Å². The predicted molar refractivity (Wildman–Crippen MR) is 93.6 cm³/mol. The maximum atomic E-state index is 10.6. The van der Waals surface area contributed by atoms with Crippen LogP contribution in [0.15, 0.2) is 47.8 Å². The second-order valence-corrected chi connectivity index (χ2v) is 7.18. The largest absolute Gasteiger partial charge is 0.383 e. The minimum absolute atomic E-state index is 0.492. The molecule has 0 saturated carbocycles. The number of thiophene rings is 1. The molecule has 3 rings (SSSR count). The number of rotatable bonds is 5. The van der Waals surface area contributed by atoms with Gasteiger partial charge < -0.3 is 15.3 Å². The molecule has 1 fully saturated rings. The van der Waals surface area contributed by atoms with Crippen molar-refractivity contribution in [3.8, 4) is 0 Å². The third-order valence-corrected chi connectivity index (χ3v) is 5.53. The number of anilines is 1. The molecule has 118 valence electrons. The number of aliphatic hydroxyl groups is 1. The van der Waals surface area contributed by atoms with Crippen LogP contribution in [0.25, 0.3) is 0 Å². The van der Waals surface area contributed by atoms with Crippen molar-refractivity contribution in [2.45, 2.75) is 31.4 Å². The van der Waals surface area contributed by atoms with Crippen molar-refractivity contribution in [1.29, 1.82) is 0 Å². The second kappa shape index (κ2) is 6.82. The molecule has 0 radical (unpaired) electrons. The van der Waals surface area contributed by atoms with Crippen molar-refractivity contribution in [1.82, 2.24) is 5.32 Å². The van der Waals surface area contributed by atoms with Crippen LogP contribution in [0, 0.1) is 0 Å². The van der Waals surface area contributed by atoms with Crippen molar-refractivity contribution in [3.05, 3.63) is 52.7 Å². The van der Waals surface area contributed by atoms with E-state index in [0.717, 1.165) is 30.8 Å². The fourth-order valence-electron chi connectivity index (χ4n) is 3.00. The molecule has 0 spiro atoms. The SMILES string of the molecule is CC(O)(CNC1CCN(c2ccccc2)CC1)c1cccs1. The maximum Gasteiger partial charge on any atom is 0.108 e. The van der Waals surface area contributed by atoms with Crippen LogP contribution in [0.4, 0.5) is 5.69 Å². The summed E-state index contributed by atoms with van der Waals surface area (Å²) >= 11 is 1.62. The van der Waals surface area contributed by atoms with Gasteiger partial charge in [0.2, 0.25) is 0 Å². The van der Waals surface area contributed by atoms with Gasteiger partial charge in [0.1, 0.15) is 5.60 Å². The number of piperidine rings is 1. The zero-order valence-corrected chi connectivity index (χ0v) is 13.9. The van der Waals surface area contributed by atoms with Crippen LogP contribution in [-0.2, 0) is 5.60 Å². The summed E-state index contributed by atoms with van der Waals surface area (Å²) in [6.07, 6.45) is 2.24. The summed E-state index contributed by atoms with van der Waals surface area (Å²) in [6, 6.07) is 15.1. The fourth-order valence-corrected chi connectivity index (χ4v) is 3.78. The van der Waals surface area contributed by atoms with Gasteiger partial charge in [-0.3, -0.25) is 0 Å². The quantitative estimate of drug-likeness (QED) is 0.889. The molecule has 4 heteroatoms. The first-order valence-corrected chi connectivity index (χ1v) is 8.83. The lowest BCUT2D eigenvalue weighted by Gasteiger charge is -2.35. The Morgan fingerprint density at radius 1 is 1.18 bits per heavy atom. The lowest BCUT2D eigenvalue weighted by Crippen LogP contribution is -2.46. The number of nitrogens with zero attached hydrogens (tertiary/aromatic N) is 1. The molecule has 1 atom stereocenters. The summed E-state index contributed by atoms with van der Waals surface area (Å²) < 4.78 is 0.